The van der Waals surface area contributed by atoms with Crippen LogP contribution in [0.4, 0.5) is 11.6 Å². The highest BCUT2D eigenvalue weighted by molar-refractivity contribution is 7.90. The van der Waals surface area contributed by atoms with Gasteiger partial charge in [-0.1, -0.05) is 6.92 Å². The molecule has 0 amide bonds. The van der Waals surface area contributed by atoms with Crippen LogP contribution >= 0.6 is 0 Å². The maximum Gasteiger partial charge on any atom is 0.147 e. The van der Waals surface area contributed by atoms with Crippen molar-refractivity contribution in [2.24, 2.45) is 0 Å². The Bertz CT molecular complexity index is 502. The number of sulfone groups is 1. The van der Waals surface area contributed by atoms with E-state index in [9.17, 15) is 8.42 Å². The van der Waals surface area contributed by atoms with Gasteiger partial charge in [0.15, 0.2) is 0 Å². The highest BCUT2D eigenvalue weighted by atomic mass is 32.2. The van der Waals surface area contributed by atoms with Crippen LogP contribution in [0.3, 0.4) is 0 Å². The minimum absolute atomic E-state index is 0.186. The molecule has 108 valence electrons. The fourth-order valence-electron chi connectivity index (χ4n) is 1.59. The van der Waals surface area contributed by atoms with Crippen LogP contribution in [-0.2, 0) is 9.84 Å². The third-order valence-electron chi connectivity index (χ3n) is 2.61. The normalized spacial score (nSPS) is 11.3. The predicted octanol–water partition coefficient (Wildman–Crippen LogP) is 1.45. The monoisotopic (exact) mass is 286 g/mol. The van der Waals surface area contributed by atoms with Gasteiger partial charge in [-0.15, -0.1) is 0 Å². The average Bonchev–Trinajstić information content (AvgIpc) is 2.33. The van der Waals surface area contributed by atoms with Crippen LogP contribution in [0.1, 0.15) is 25.3 Å². The molecule has 19 heavy (non-hydrogen) atoms. The third kappa shape index (κ3) is 5.87. The van der Waals surface area contributed by atoms with Gasteiger partial charge in [0.1, 0.15) is 27.8 Å². The van der Waals surface area contributed by atoms with Crippen LogP contribution in [0.15, 0.2) is 6.33 Å². The summed E-state index contributed by atoms with van der Waals surface area (Å²) in [5.41, 5.74) is 0.954. The van der Waals surface area contributed by atoms with Crippen molar-refractivity contribution in [2.45, 2.75) is 26.7 Å². The van der Waals surface area contributed by atoms with Crippen LogP contribution in [-0.4, -0.2) is 43.5 Å². The lowest BCUT2D eigenvalue weighted by molar-refractivity contribution is 0.600. The number of hydrogen-bond donors (Lipinski definition) is 2. The van der Waals surface area contributed by atoms with E-state index in [0.717, 1.165) is 30.2 Å². The molecule has 0 spiro atoms. The lowest BCUT2D eigenvalue weighted by Gasteiger charge is -2.12. The number of anilines is 2. The van der Waals surface area contributed by atoms with E-state index in [4.69, 9.17) is 0 Å². The summed E-state index contributed by atoms with van der Waals surface area (Å²) in [6.45, 7) is 5.48. The van der Waals surface area contributed by atoms with E-state index < -0.39 is 9.84 Å². The molecule has 0 saturated carbocycles. The first-order valence-electron chi connectivity index (χ1n) is 6.41. The first kappa shape index (κ1) is 15.7. The van der Waals surface area contributed by atoms with Crippen molar-refractivity contribution < 1.29 is 8.42 Å². The van der Waals surface area contributed by atoms with Crippen molar-refractivity contribution in [3.8, 4) is 0 Å². The minimum Gasteiger partial charge on any atom is -0.370 e. The largest absolute Gasteiger partial charge is 0.370 e. The molecule has 1 aromatic heterocycles. The van der Waals surface area contributed by atoms with Crippen LogP contribution in [0.5, 0.6) is 0 Å². The van der Waals surface area contributed by atoms with E-state index in [2.05, 4.69) is 27.5 Å². The molecule has 2 N–H and O–H groups in total. The molecule has 0 unspecified atom stereocenters. The Labute approximate surface area is 115 Å². The fourth-order valence-corrected chi connectivity index (χ4v) is 2.26. The summed E-state index contributed by atoms with van der Waals surface area (Å²) in [6, 6.07) is 0. The first-order chi connectivity index (χ1) is 8.94. The maximum atomic E-state index is 11.0. The van der Waals surface area contributed by atoms with Crippen molar-refractivity contribution in [2.75, 3.05) is 35.7 Å². The van der Waals surface area contributed by atoms with Gasteiger partial charge in [0, 0.05) is 24.9 Å². The van der Waals surface area contributed by atoms with Crippen molar-refractivity contribution >= 4 is 21.5 Å². The smallest absolute Gasteiger partial charge is 0.147 e. The van der Waals surface area contributed by atoms with Gasteiger partial charge in [-0.05, 0) is 19.8 Å². The zero-order chi connectivity index (χ0) is 14.3. The van der Waals surface area contributed by atoms with Gasteiger partial charge in [-0.25, -0.2) is 18.4 Å². The van der Waals surface area contributed by atoms with Crippen molar-refractivity contribution in [1.29, 1.82) is 0 Å². The van der Waals surface area contributed by atoms with Gasteiger partial charge in [-0.3, -0.25) is 0 Å². The van der Waals surface area contributed by atoms with Crippen molar-refractivity contribution in [1.82, 2.24) is 9.97 Å². The van der Waals surface area contributed by atoms with Gasteiger partial charge in [0.05, 0.1) is 5.75 Å². The lowest BCUT2D eigenvalue weighted by atomic mass is 10.3. The Kier molecular flexibility index (Phi) is 6.01. The van der Waals surface area contributed by atoms with Gasteiger partial charge in [0.2, 0.25) is 0 Å². The Morgan fingerprint density at radius 1 is 1.16 bits per heavy atom. The number of nitrogens with one attached hydrogen (secondary N) is 2. The Hall–Kier alpha value is -1.37. The van der Waals surface area contributed by atoms with Gasteiger partial charge in [-0.2, -0.15) is 0 Å². The molecule has 0 aliphatic carbocycles. The second kappa shape index (κ2) is 7.28. The maximum absolute atomic E-state index is 11.0. The summed E-state index contributed by atoms with van der Waals surface area (Å²) in [6.07, 6.45) is 4.35. The molecule has 1 heterocycles. The number of aromatic nitrogens is 2. The van der Waals surface area contributed by atoms with E-state index in [1.807, 2.05) is 6.92 Å². The molecule has 7 heteroatoms. The summed E-state index contributed by atoms with van der Waals surface area (Å²) in [5.74, 6) is 1.76. The molecule has 0 aromatic carbocycles. The molecule has 0 bridgehead atoms. The highest BCUT2D eigenvalue weighted by Gasteiger charge is 2.06. The quantitative estimate of drug-likeness (QED) is 0.704. The zero-order valence-electron chi connectivity index (χ0n) is 11.7. The van der Waals surface area contributed by atoms with E-state index in [1.54, 1.807) is 0 Å². The molecule has 0 aliphatic heterocycles. The number of rotatable bonds is 8. The van der Waals surface area contributed by atoms with Crippen molar-refractivity contribution in [3.63, 3.8) is 0 Å². The van der Waals surface area contributed by atoms with Crippen molar-refractivity contribution in [3.05, 3.63) is 11.9 Å². The topological polar surface area (TPSA) is 84.0 Å². The average molecular weight is 286 g/mol. The second-order valence-electron chi connectivity index (χ2n) is 4.53. The van der Waals surface area contributed by atoms with Crippen LogP contribution in [0.25, 0.3) is 0 Å². The summed E-state index contributed by atoms with van der Waals surface area (Å²) in [7, 11) is -2.89. The van der Waals surface area contributed by atoms with E-state index in [1.165, 1.54) is 12.6 Å². The number of hydrogen-bond acceptors (Lipinski definition) is 6. The lowest BCUT2D eigenvalue weighted by Crippen LogP contribution is -2.12. The van der Waals surface area contributed by atoms with E-state index >= 15 is 0 Å². The Morgan fingerprint density at radius 2 is 1.74 bits per heavy atom. The third-order valence-corrected chi connectivity index (χ3v) is 3.64. The fraction of sp³-hybridized carbons (Fsp3) is 0.667. The summed E-state index contributed by atoms with van der Waals surface area (Å²) >= 11 is 0. The molecular weight excluding hydrogens is 264 g/mol. The Morgan fingerprint density at radius 3 is 2.26 bits per heavy atom. The predicted molar refractivity (Wildman–Crippen MR) is 78.4 cm³/mol. The van der Waals surface area contributed by atoms with Crippen LogP contribution in [0, 0.1) is 6.92 Å². The molecule has 0 saturated heterocycles. The minimum atomic E-state index is -2.89. The second-order valence-corrected chi connectivity index (χ2v) is 6.79. The molecule has 0 fully saturated rings. The SMILES string of the molecule is CCCNc1ncnc(NCCCS(C)(=O)=O)c1C. The molecule has 0 aliphatic rings. The van der Waals surface area contributed by atoms with Crippen LogP contribution < -0.4 is 10.6 Å². The van der Waals surface area contributed by atoms with Gasteiger partial charge in [0.25, 0.3) is 0 Å². The van der Waals surface area contributed by atoms with Gasteiger partial charge >= 0.3 is 0 Å². The van der Waals surface area contributed by atoms with Gasteiger partial charge < -0.3 is 10.6 Å². The molecule has 1 rings (SSSR count). The zero-order valence-corrected chi connectivity index (χ0v) is 12.5. The standard InChI is InChI=1S/C12H22N4O2S/c1-4-6-13-11-10(2)12(16-9-15-11)14-7-5-8-19(3,17)18/h9H,4-8H2,1-3H3,(H2,13,14,15,16). The summed E-state index contributed by atoms with van der Waals surface area (Å²) in [4.78, 5) is 8.36. The number of nitrogens with zero attached hydrogens (tertiary/aromatic N) is 2. The molecule has 1 aromatic rings. The van der Waals surface area contributed by atoms with Crippen LogP contribution in [0.2, 0.25) is 0 Å². The molecule has 0 atom stereocenters. The molecule has 0 radical (unpaired) electrons. The highest BCUT2D eigenvalue weighted by Crippen LogP contribution is 2.17. The summed E-state index contributed by atoms with van der Waals surface area (Å²) < 4.78 is 22.0. The first-order valence-corrected chi connectivity index (χ1v) is 8.47. The summed E-state index contributed by atoms with van der Waals surface area (Å²) in [5, 5.41) is 6.38. The molecule has 6 nitrogen and oxygen atoms in total. The molecular formula is C12H22N4O2S. The van der Waals surface area contributed by atoms with E-state index in [0.29, 0.717) is 13.0 Å². The Balaban J connectivity index is 2.54. The van der Waals surface area contributed by atoms with E-state index in [-0.39, 0.29) is 5.75 Å².